The lowest BCUT2D eigenvalue weighted by atomic mass is 10.00. The maximum atomic E-state index is 15.1. The number of rotatable bonds is 6. The zero-order valence-electron chi connectivity index (χ0n) is 19.9. The summed E-state index contributed by atoms with van der Waals surface area (Å²) in [5.41, 5.74) is 2.30. The van der Waals surface area contributed by atoms with Gasteiger partial charge in [0.1, 0.15) is 0 Å². The van der Waals surface area contributed by atoms with Crippen molar-refractivity contribution in [3.05, 3.63) is 113 Å². The van der Waals surface area contributed by atoms with E-state index in [1.54, 1.807) is 31.3 Å². The number of nitrogens with one attached hydrogen (secondary N) is 1. The Morgan fingerprint density at radius 2 is 1.61 bits per heavy atom. The third kappa shape index (κ3) is 4.69. The van der Waals surface area contributed by atoms with Gasteiger partial charge in [-0.2, -0.15) is 8.78 Å². The summed E-state index contributed by atoms with van der Waals surface area (Å²) in [5, 5.41) is 5.25. The second-order valence-corrected chi connectivity index (χ2v) is 9.88. The highest BCUT2D eigenvalue weighted by molar-refractivity contribution is 7.99. The second-order valence-electron chi connectivity index (χ2n) is 8.80. The predicted octanol–water partition coefficient (Wildman–Crippen LogP) is 7.68. The van der Waals surface area contributed by atoms with Gasteiger partial charge in [-0.3, -0.25) is 9.78 Å². The molecule has 1 aromatic heterocycles. The molecule has 0 aliphatic carbocycles. The van der Waals surface area contributed by atoms with Crippen LogP contribution in [0.3, 0.4) is 0 Å². The molecule has 5 rings (SSSR count). The summed E-state index contributed by atoms with van der Waals surface area (Å²) in [5.74, 6) is -3.76. The molecule has 0 saturated carbocycles. The number of aromatic nitrogens is 1. The zero-order chi connectivity index (χ0) is 25.3. The van der Waals surface area contributed by atoms with Crippen LogP contribution in [0.4, 0.5) is 8.78 Å². The van der Waals surface area contributed by atoms with Crippen LogP contribution in [0, 0.1) is 13.8 Å². The number of pyridine rings is 1. The molecular weight excluding hydrogens is 474 g/mol. The van der Waals surface area contributed by atoms with Crippen molar-refractivity contribution < 1.29 is 13.6 Å². The minimum Gasteiger partial charge on any atom is -0.346 e. The van der Waals surface area contributed by atoms with Gasteiger partial charge in [-0.25, -0.2) is 0 Å². The van der Waals surface area contributed by atoms with Gasteiger partial charge < -0.3 is 5.32 Å². The molecule has 1 amide bonds. The lowest BCUT2D eigenvalue weighted by Gasteiger charge is -2.21. The number of amides is 1. The Morgan fingerprint density at radius 3 is 2.42 bits per heavy atom. The first-order valence-electron chi connectivity index (χ1n) is 11.6. The van der Waals surface area contributed by atoms with E-state index in [2.05, 4.69) is 10.3 Å². The number of fused-ring (bicyclic) bond motifs is 2. The molecule has 1 N–H and O–H groups in total. The number of aryl methyl sites for hydroxylation is 2. The first kappa shape index (κ1) is 23.9. The van der Waals surface area contributed by atoms with Crippen LogP contribution in [0.2, 0.25) is 0 Å². The van der Waals surface area contributed by atoms with Crippen molar-refractivity contribution in [2.75, 3.05) is 6.54 Å². The van der Waals surface area contributed by atoms with E-state index in [-0.39, 0.29) is 5.56 Å². The highest BCUT2D eigenvalue weighted by atomic mass is 32.2. The van der Waals surface area contributed by atoms with E-state index in [1.165, 1.54) is 17.8 Å². The molecule has 36 heavy (non-hydrogen) atoms. The van der Waals surface area contributed by atoms with Crippen molar-refractivity contribution in [3.63, 3.8) is 0 Å². The fourth-order valence-electron chi connectivity index (χ4n) is 4.44. The van der Waals surface area contributed by atoms with E-state index in [0.717, 1.165) is 21.2 Å². The number of carbonyl (C=O) groups excluding carboxylic acids is 1. The number of benzene rings is 4. The lowest BCUT2D eigenvalue weighted by molar-refractivity contribution is -0.00308. The molecule has 5 aromatic rings. The van der Waals surface area contributed by atoms with E-state index < -0.39 is 18.4 Å². The Balaban J connectivity index is 1.50. The van der Waals surface area contributed by atoms with E-state index in [9.17, 15) is 4.79 Å². The largest absolute Gasteiger partial charge is 0.346 e. The standard InChI is InChI=1S/C30H24F2N2OS/c1-19-14-15-24(20(2)16-19)30(31,32)18-34-29(35)28-23-11-5-6-12-25(23)33-17-27(28)36-26-13-7-9-21-8-3-4-10-22(21)26/h3-17H,18H2,1-2H3,(H,34,35). The topological polar surface area (TPSA) is 42.0 Å². The van der Waals surface area contributed by atoms with Crippen LogP contribution >= 0.6 is 11.8 Å². The van der Waals surface area contributed by atoms with Crippen LogP contribution in [-0.4, -0.2) is 17.4 Å². The number of para-hydroxylation sites is 1. The highest BCUT2D eigenvalue weighted by Gasteiger charge is 2.34. The molecule has 3 nitrogen and oxygen atoms in total. The van der Waals surface area contributed by atoms with Crippen molar-refractivity contribution in [2.24, 2.45) is 0 Å². The minimum absolute atomic E-state index is 0.0849. The smallest absolute Gasteiger partial charge is 0.290 e. The van der Waals surface area contributed by atoms with Crippen molar-refractivity contribution in [3.8, 4) is 0 Å². The van der Waals surface area contributed by atoms with Crippen molar-refractivity contribution in [2.45, 2.75) is 29.6 Å². The summed E-state index contributed by atoms with van der Waals surface area (Å²) in [4.78, 5) is 19.6. The predicted molar refractivity (Wildman–Crippen MR) is 142 cm³/mol. The van der Waals surface area contributed by atoms with Crippen LogP contribution in [0.25, 0.3) is 21.7 Å². The Labute approximate surface area is 212 Å². The van der Waals surface area contributed by atoms with Crippen LogP contribution in [0.1, 0.15) is 27.0 Å². The van der Waals surface area contributed by atoms with Gasteiger partial charge >= 0.3 is 0 Å². The Hall–Kier alpha value is -3.77. The van der Waals surface area contributed by atoms with Gasteiger partial charge in [0.2, 0.25) is 0 Å². The molecule has 180 valence electrons. The maximum absolute atomic E-state index is 15.1. The molecule has 0 fully saturated rings. The first-order valence-corrected chi connectivity index (χ1v) is 12.4. The van der Waals surface area contributed by atoms with Gasteiger partial charge in [0.25, 0.3) is 11.8 Å². The van der Waals surface area contributed by atoms with Crippen molar-refractivity contribution in [1.82, 2.24) is 10.3 Å². The number of nitrogens with zero attached hydrogens (tertiary/aromatic N) is 1. The second kappa shape index (κ2) is 9.70. The Kier molecular flexibility index (Phi) is 6.46. The van der Waals surface area contributed by atoms with Crippen LogP contribution in [-0.2, 0) is 5.92 Å². The third-order valence-electron chi connectivity index (χ3n) is 6.18. The number of alkyl halides is 2. The minimum atomic E-state index is -3.21. The highest BCUT2D eigenvalue weighted by Crippen LogP contribution is 2.37. The molecular formula is C30H24F2N2OS. The fraction of sp³-hybridized carbons (Fsp3) is 0.133. The van der Waals surface area contributed by atoms with E-state index in [4.69, 9.17) is 0 Å². The molecule has 1 heterocycles. The quantitative estimate of drug-likeness (QED) is 0.261. The van der Waals surface area contributed by atoms with Gasteiger partial charge in [-0.1, -0.05) is 90.1 Å². The summed E-state index contributed by atoms with van der Waals surface area (Å²) >= 11 is 1.41. The molecule has 0 aliphatic heterocycles. The van der Waals surface area contributed by atoms with E-state index >= 15 is 8.78 Å². The Bertz CT molecular complexity index is 1590. The van der Waals surface area contributed by atoms with Crippen molar-refractivity contribution in [1.29, 1.82) is 0 Å². The number of halogens is 2. The molecule has 0 unspecified atom stereocenters. The Morgan fingerprint density at radius 1 is 0.889 bits per heavy atom. The summed E-state index contributed by atoms with van der Waals surface area (Å²) in [6, 6.07) is 26.0. The number of hydrogen-bond donors (Lipinski definition) is 1. The molecule has 0 spiro atoms. The van der Waals surface area contributed by atoms with Gasteiger partial charge in [-0.05, 0) is 42.3 Å². The molecule has 0 aliphatic rings. The van der Waals surface area contributed by atoms with E-state index in [1.807, 2.05) is 67.6 Å². The summed E-state index contributed by atoms with van der Waals surface area (Å²) in [6.07, 6.45) is 1.64. The lowest BCUT2D eigenvalue weighted by Crippen LogP contribution is -2.35. The molecule has 4 aromatic carbocycles. The van der Waals surface area contributed by atoms with Gasteiger partial charge in [0.15, 0.2) is 0 Å². The monoisotopic (exact) mass is 498 g/mol. The van der Waals surface area contributed by atoms with Crippen LogP contribution in [0.15, 0.2) is 101 Å². The maximum Gasteiger partial charge on any atom is 0.290 e. The van der Waals surface area contributed by atoms with Gasteiger partial charge in [0, 0.05) is 26.9 Å². The molecule has 6 heteroatoms. The first-order chi connectivity index (χ1) is 17.3. The van der Waals surface area contributed by atoms with Gasteiger partial charge in [-0.15, -0.1) is 0 Å². The average molecular weight is 499 g/mol. The number of carbonyl (C=O) groups is 1. The zero-order valence-corrected chi connectivity index (χ0v) is 20.7. The molecule has 0 saturated heterocycles. The number of hydrogen-bond acceptors (Lipinski definition) is 3. The summed E-state index contributed by atoms with van der Waals surface area (Å²) in [6.45, 7) is 2.72. The van der Waals surface area contributed by atoms with E-state index in [0.29, 0.717) is 26.9 Å². The van der Waals surface area contributed by atoms with Gasteiger partial charge in [0.05, 0.1) is 17.6 Å². The molecule has 0 atom stereocenters. The van der Waals surface area contributed by atoms with Crippen LogP contribution < -0.4 is 5.32 Å². The molecule has 0 bridgehead atoms. The van der Waals surface area contributed by atoms with Crippen molar-refractivity contribution >= 4 is 39.3 Å². The summed E-state index contributed by atoms with van der Waals surface area (Å²) < 4.78 is 30.3. The molecule has 0 radical (unpaired) electrons. The van der Waals surface area contributed by atoms with Crippen LogP contribution in [0.5, 0.6) is 0 Å². The third-order valence-corrected chi connectivity index (χ3v) is 7.29. The fourth-order valence-corrected chi connectivity index (χ4v) is 5.53. The SMILES string of the molecule is Cc1ccc(C(F)(F)CNC(=O)c2c(Sc3cccc4ccccc34)cnc3ccccc23)c(C)c1. The average Bonchev–Trinajstić information content (AvgIpc) is 2.87. The summed E-state index contributed by atoms with van der Waals surface area (Å²) in [7, 11) is 0. The normalized spacial score (nSPS) is 11.7.